The van der Waals surface area contributed by atoms with Gasteiger partial charge in [-0.05, 0) is 75.0 Å². The number of carbonyl (C=O) groups excluding carboxylic acids is 1. The number of carbonyl (C=O) groups is 1. The Labute approximate surface area is 247 Å². The lowest BCUT2D eigenvalue weighted by molar-refractivity contribution is 0.112. The molecule has 1 N–H and O–H groups in total. The van der Waals surface area contributed by atoms with Gasteiger partial charge in [-0.2, -0.15) is 0 Å². The van der Waals surface area contributed by atoms with Gasteiger partial charge in [0.1, 0.15) is 17.9 Å². The molecule has 0 aromatic heterocycles. The summed E-state index contributed by atoms with van der Waals surface area (Å²) in [4.78, 5) is 12.8. The van der Waals surface area contributed by atoms with Crippen molar-refractivity contribution in [2.45, 2.75) is 67.3 Å². The first kappa shape index (κ1) is 35.5. The topological polar surface area (TPSA) is 32.3 Å². The number of benzene rings is 3. The zero-order valence-corrected chi connectivity index (χ0v) is 26.4. The Morgan fingerprint density at radius 2 is 1.37 bits per heavy atom. The van der Waals surface area contributed by atoms with Crippen LogP contribution in [0.3, 0.4) is 0 Å². The van der Waals surface area contributed by atoms with E-state index in [0.717, 1.165) is 35.1 Å². The van der Waals surface area contributed by atoms with E-state index < -0.39 is 11.6 Å². The van der Waals surface area contributed by atoms with E-state index in [0.29, 0.717) is 17.6 Å². The maximum Gasteiger partial charge on any atom is 0.150 e. The molecule has 0 radical (unpaired) electrons. The Kier molecular flexibility index (Phi) is 13.9. The fourth-order valence-corrected chi connectivity index (χ4v) is 3.89. The quantitative estimate of drug-likeness (QED) is 0.219. The van der Waals surface area contributed by atoms with Gasteiger partial charge in [0.05, 0.1) is 5.56 Å². The average molecular weight is 563 g/mol. The molecule has 3 aromatic rings. The molecular formula is C36H48F2N2O. The number of nitrogens with zero attached hydrogens (tertiary/aromatic N) is 1. The summed E-state index contributed by atoms with van der Waals surface area (Å²) in [5.41, 5.74) is 4.51. The molecule has 0 aliphatic heterocycles. The van der Waals surface area contributed by atoms with Crippen molar-refractivity contribution in [2.24, 2.45) is 5.41 Å². The van der Waals surface area contributed by atoms with E-state index in [9.17, 15) is 13.6 Å². The molecular weight excluding hydrogens is 514 g/mol. The summed E-state index contributed by atoms with van der Waals surface area (Å²) in [5.74, 6) is -1.32. The van der Waals surface area contributed by atoms with Crippen LogP contribution in [0.1, 0.15) is 77.7 Å². The fourth-order valence-electron chi connectivity index (χ4n) is 3.89. The minimum Gasteiger partial charge on any atom is -0.337 e. The molecule has 41 heavy (non-hydrogen) atoms. The monoisotopic (exact) mass is 562 g/mol. The van der Waals surface area contributed by atoms with Crippen LogP contribution in [0.15, 0.2) is 85.5 Å². The Bertz CT molecular complexity index is 1260. The number of aldehydes is 1. The fraction of sp³-hybridized carbons (Fsp3) is 0.361. The van der Waals surface area contributed by atoms with Crippen molar-refractivity contribution in [2.75, 3.05) is 18.5 Å². The zero-order valence-electron chi connectivity index (χ0n) is 26.4. The van der Waals surface area contributed by atoms with Crippen LogP contribution in [0.2, 0.25) is 0 Å². The summed E-state index contributed by atoms with van der Waals surface area (Å²) in [6, 6.07) is 18.7. The van der Waals surface area contributed by atoms with E-state index >= 15 is 0 Å². The first-order chi connectivity index (χ1) is 19.1. The maximum absolute atomic E-state index is 14.6. The highest BCUT2D eigenvalue weighted by Crippen LogP contribution is 2.33. The van der Waals surface area contributed by atoms with Crippen LogP contribution in [0, 0.1) is 17.0 Å². The van der Waals surface area contributed by atoms with E-state index in [2.05, 4.69) is 60.0 Å². The molecule has 0 saturated heterocycles. The molecule has 3 nitrogen and oxygen atoms in total. The third kappa shape index (κ3) is 11.8. The summed E-state index contributed by atoms with van der Waals surface area (Å²) in [6.07, 6.45) is 1.55. The van der Waals surface area contributed by atoms with Gasteiger partial charge in [-0.25, -0.2) is 8.78 Å². The van der Waals surface area contributed by atoms with Crippen LogP contribution in [0.5, 0.6) is 0 Å². The molecule has 0 bridgehead atoms. The van der Waals surface area contributed by atoms with Crippen molar-refractivity contribution in [3.05, 3.63) is 108 Å². The zero-order chi connectivity index (χ0) is 31.4. The van der Waals surface area contributed by atoms with Crippen molar-refractivity contribution in [3.8, 4) is 11.1 Å². The molecule has 3 rings (SSSR count). The summed E-state index contributed by atoms with van der Waals surface area (Å²) in [7, 11) is 1.96. The number of anilines is 1. The minimum atomic E-state index is -0.660. The number of halogens is 2. The molecule has 0 saturated carbocycles. The highest BCUT2D eigenvalue weighted by Gasteiger charge is 2.22. The predicted octanol–water partition coefficient (Wildman–Crippen LogP) is 9.94. The molecule has 0 aliphatic carbocycles. The van der Waals surface area contributed by atoms with E-state index in [-0.39, 0.29) is 16.7 Å². The number of hydrogen-bond acceptors (Lipinski definition) is 3. The molecule has 0 fully saturated rings. The van der Waals surface area contributed by atoms with Gasteiger partial charge in [0, 0.05) is 29.0 Å². The second kappa shape index (κ2) is 16.0. The summed E-state index contributed by atoms with van der Waals surface area (Å²) < 4.78 is 29.2. The van der Waals surface area contributed by atoms with Gasteiger partial charge in [0.15, 0.2) is 0 Å². The minimum absolute atomic E-state index is 0.0233. The van der Waals surface area contributed by atoms with Crippen molar-refractivity contribution in [1.82, 2.24) is 5.32 Å². The van der Waals surface area contributed by atoms with E-state index in [4.69, 9.17) is 0 Å². The average Bonchev–Trinajstić information content (AvgIpc) is 2.92. The Balaban J connectivity index is 0.000000931. The maximum atomic E-state index is 14.6. The summed E-state index contributed by atoms with van der Waals surface area (Å²) in [5, 5.41) is 3.10. The first-order valence-electron chi connectivity index (χ1n) is 14.1. The van der Waals surface area contributed by atoms with Crippen LogP contribution in [-0.2, 0) is 0 Å². The predicted molar refractivity (Wildman–Crippen MR) is 173 cm³/mol. The lowest BCUT2D eigenvalue weighted by Gasteiger charge is -2.30. The smallest absolute Gasteiger partial charge is 0.150 e. The van der Waals surface area contributed by atoms with Crippen molar-refractivity contribution >= 4 is 17.7 Å². The third-order valence-corrected chi connectivity index (χ3v) is 6.03. The second-order valence-corrected chi connectivity index (χ2v) is 11.9. The van der Waals surface area contributed by atoms with Gasteiger partial charge in [-0.3, -0.25) is 4.79 Å². The standard InChI is InChI=1S/C29H29F2NO.C5H13N.C2H6/c1-20(17-29(3,4)5)18-32(21(2)28-26(30)10-7-11-27(28)31)25-9-6-8-24(16-25)23-14-12-22(19-33)13-15-23;1-5(2,3)6-4;1-2/h6-16,19H,1-2,17-18H2,3-5H3;6H,1-4H3;1-2H3. The Hall–Kier alpha value is -3.57. The molecule has 222 valence electrons. The number of nitrogens with one attached hydrogen (secondary N) is 1. The highest BCUT2D eigenvalue weighted by atomic mass is 19.1. The van der Waals surface area contributed by atoms with Gasteiger partial charge in [0.25, 0.3) is 0 Å². The van der Waals surface area contributed by atoms with Crippen molar-refractivity contribution < 1.29 is 13.6 Å². The molecule has 0 spiro atoms. The molecule has 5 heteroatoms. The highest BCUT2D eigenvalue weighted by molar-refractivity contribution is 5.82. The van der Waals surface area contributed by atoms with E-state index in [1.54, 1.807) is 17.0 Å². The van der Waals surface area contributed by atoms with Crippen LogP contribution in [0.4, 0.5) is 14.5 Å². The number of rotatable bonds is 8. The molecule has 3 aromatic carbocycles. The second-order valence-electron chi connectivity index (χ2n) is 11.9. The molecule has 0 atom stereocenters. The summed E-state index contributed by atoms with van der Waals surface area (Å²) >= 11 is 0. The van der Waals surface area contributed by atoms with Crippen LogP contribution >= 0.6 is 0 Å². The third-order valence-electron chi connectivity index (χ3n) is 6.03. The van der Waals surface area contributed by atoms with Crippen LogP contribution in [-0.4, -0.2) is 25.4 Å². The van der Waals surface area contributed by atoms with E-state index in [1.165, 1.54) is 18.2 Å². The van der Waals surface area contributed by atoms with E-state index in [1.807, 2.05) is 57.3 Å². The van der Waals surface area contributed by atoms with Gasteiger partial charge in [-0.15, -0.1) is 0 Å². The van der Waals surface area contributed by atoms with Crippen LogP contribution < -0.4 is 10.2 Å². The summed E-state index contributed by atoms with van der Waals surface area (Å²) in [6.45, 7) is 25.4. The molecule has 0 amide bonds. The normalized spacial score (nSPS) is 10.9. The lowest BCUT2D eigenvalue weighted by atomic mass is 9.88. The van der Waals surface area contributed by atoms with Crippen molar-refractivity contribution in [1.29, 1.82) is 0 Å². The van der Waals surface area contributed by atoms with Crippen LogP contribution in [0.25, 0.3) is 16.8 Å². The molecule has 0 aliphatic rings. The largest absolute Gasteiger partial charge is 0.337 e. The number of hydrogen-bond donors (Lipinski definition) is 1. The first-order valence-corrected chi connectivity index (χ1v) is 14.1. The molecule has 0 unspecified atom stereocenters. The van der Waals surface area contributed by atoms with Crippen molar-refractivity contribution in [3.63, 3.8) is 0 Å². The Morgan fingerprint density at radius 1 is 0.854 bits per heavy atom. The van der Waals surface area contributed by atoms with Gasteiger partial charge in [-0.1, -0.05) is 95.8 Å². The van der Waals surface area contributed by atoms with Gasteiger partial charge >= 0.3 is 0 Å². The van der Waals surface area contributed by atoms with Gasteiger partial charge in [0.2, 0.25) is 0 Å². The SMILES string of the molecule is C=C(CN(C(=C)c1c(F)cccc1F)c1cccc(-c2ccc(C=O)cc2)c1)CC(C)(C)C.CC.CNC(C)(C)C. The Morgan fingerprint density at radius 3 is 1.83 bits per heavy atom. The van der Waals surface area contributed by atoms with Gasteiger partial charge < -0.3 is 10.2 Å². The lowest BCUT2D eigenvalue weighted by Crippen LogP contribution is -2.31. The molecule has 0 heterocycles.